The Hall–Kier alpha value is -3.29. The van der Waals surface area contributed by atoms with Crippen molar-refractivity contribution in [3.63, 3.8) is 0 Å². The van der Waals surface area contributed by atoms with Gasteiger partial charge in [0.05, 0.1) is 11.4 Å². The van der Waals surface area contributed by atoms with Crippen LogP contribution in [0, 0.1) is 0 Å². The highest BCUT2D eigenvalue weighted by Gasteiger charge is 2.48. The van der Waals surface area contributed by atoms with Crippen LogP contribution in [-0.4, -0.2) is 30.3 Å². The van der Waals surface area contributed by atoms with Crippen molar-refractivity contribution in [1.29, 1.82) is 0 Å². The molecular weight excluding hydrogens is 458 g/mol. The van der Waals surface area contributed by atoms with E-state index in [1.54, 1.807) is 13.1 Å². The summed E-state index contributed by atoms with van der Waals surface area (Å²) in [4.78, 5) is 32.3. The van der Waals surface area contributed by atoms with Gasteiger partial charge < -0.3 is 9.64 Å². The van der Waals surface area contributed by atoms with E-state index in [9.17, 15) is 9.59 Å². The number of hydrogen-bond donors (Lipinski definition) is 1. The minimum Gasteiger partial charge on any atom is -0.458 e. The number of nitrogens with two attached hydrogens (primary N) is 1. The molecule has 0 aromatic heterocycles. The quantitative estimate of drug-likeness (QED) is 0.458. The lowest BCUT2D eigenvalue weighted by Crippen LogP contribution is -2.59. The number of benzodiazepines with no additional fused rings is 1. The molecule has 0 bridgehead atoms. The van der Waals surface area contributed by atoms with E-state index in [2.05, 4.69) is 20.9 Å². The van der Waals surface area contributed by atoms with Crippen molar-refractivity contribution in [2.24, 2.45) is 10.7 Å². The molecule has 156 valence electrons. The van der Waals surface area contributed by atoms with Gasteiger partial charge >= 0.3 is 5.97 Å². The number of likely N-dealkylation sites (N-methyl/N-ethyl adjacent to an activating group) is 1. The van der Waals surface area contributed by atoms with Crippen molar-refractivity contribution in [2.45, 2.75) is 12.3 Å². The molecule has 0 radical (unpaired) electrons. The summed E-state index contributed by atoms with van der Waals surface area (Å²) in [6, 6.07) is 24.0. The molecule has 0 fully saturated rings. The van der Waals surface area contributed by atoms with Gasteiger partial charge in [0.15, 0.2) is 0 Å². The Labute approximate surface area is 188 Å². The highest BCUT2D eigenvalue weighted by Crippen LogP contribution is 2.32. The maximum Gasteiger partial charge on any atom is 0.359 e. The molecule has 0 aliphatic carbocycles. The number of amides is 1. The number of esters is 1. The molecule has 1 atom stereocenters. The number of halogens is 1. The van der Waals surface area contributed by atoms with E-state index in [4.69, 9.17) is 10.5 Å². The molecule has 6 nitrogen and oxygen atoms in total. The summed E-state index contributed by atoms with van der Waals surface area (Å²) in [5, 5.41) is 0. The highest BCUT2D eigenvalue weighted by atomic mass is 79.9. The molecule has 1 heterocycles. The number of nitrogens with zero attached hydrogens (tertiary/aromatic N) is 2. The highest BCUT2D eigenvalue weighted by molar-refractivity contribution is 9.10. The summed E-state index contributed by atoms with van der Waals surface area (Å²) in [6.45, 7) is -0.00962. The van der Waals surface area contributed by atoms with Crippen LogP contribution in [-0.2, 0) is 20.9 Å². The molecule has 1 aliphatic rings. The van der Waals surface area contributed by atoms with Crippen LogP contribution in [0.4, 0.5) is 5.69 Å². The van der Waals surface area contributed by atoms with Gasteiger partial charge in [0, 0.05) is 22.6 Å². The minimum absolute atomic E-state index is 0.00962. The van der Waals surface area contributed by atoms with Gasteiger partial charge in [-0.25, -0.2) is 9.79 Å². The van der Waals surface area contributed by atoms with Gasteiger partial charge in [0.1, 0.15) is 6.61 Å². The minimum atomic E-state index is -2.22. The molecule has 0 spiro atoms. The van der Waals surface area contributed by atoms with Gasteiger partial charge in [-0.05, 0) is 23.8 Å². The fourth-order valence-corrected chi connectivity index (χ4v) is 3.78. The zero-order valence-electron chi connectivity index (χ0n) is 16.8. The van der Waals surface area contributed by atoms with Crippen molar-refractivity contribution in [2.75, 3.05) is 11.9 Å². The zero-order chi connectivity index (χ0) is 22.0. The van der Waals surface area contributed by atoms with Gasteiger partial charge in [0.25, 0.3) is 11.6 Å². The largest absolute Gasteiger partial charge is 0.458 e. The van der Waals surface area contributed by atoms with Crippen LogP contribution in [0.25, 0.3) is 0 Å². The Morgan fingerprint density at radius 3 is 2.39 bits per heavy atom. The Kier molecular flexibility index (Phi) is 5.71. The van der Waals surface area contributed by atoms with E-state index in [0.29, 0.717) is 17.0 Å². The number of benzene rings is 3. The second-order valence-corrected chi connectivity index (χ2v) is 8.10. The van der Waals surface area contributed by atoms with Crippen molar-refractivity contribution in [3.8, 4) is 0 Å². The van der Waals surface area contributed by atoms with Gasteiger partial charge in [0.2, 0.25) is 0 Å². The summed E-state index contributed by atoms with van der Waals surface area (Å²) >= 11 is 3.48. The van der Waals surface area contributed by atoms with Crippen molar-refractivity contribution in [1.82, 2.24) is 0 Å². The normalized spacial score (nSPS) is 18.1. The zero-order valence-corrected chi connectivity index (χ0v) is 18.4. The average Bonchev–Trinajstić information content (AvgIpc) is 2.88. The molecule has 31 heavy (non-hydrogen) atoms. The summed E-state index contributed by atoms with van der Waals surface area (Å²) in [5.41, 5.74) is 7.39. The SMILES string of the molecule is CN1C(=O)C(N)(C(=O)OCc2ccccc2)N=C(c2ccccc2)c2cc(Br)ccc21. The second kappa shape index (κ2) is 8.45. The first kappa shape index (κ1) is 21.0. The first-order chi connectivity index (χ1) is 14.9. The van der Waals surface area contributed by atoms with E-state index < -0.39 is 17.5 Å². The molecule has 1 unspecified atom stereocenters. The van der Waals surface area contributed by atoms with Gasteiger partial charge in [-0.15, -0.1) is 0 Å². The lowest BCUT2D eigenvalue weighted by atomic mass is 10.0. The van der Waals surface area contributed by atoms with Gasteiger partial charge in [-0.2, -0.15) is 0 Å². The lowest BCUT2D eigenvalue weighted by molar-refractivity contribution is -0.154. The third-order valence-corrected chi connectivity index (χ3v) is 5.56. The third-order valence-electron chi connectivity index (χ3n) is 5.07. The van der Waals surface area contributed by atoms with Crippen molar-refractivity contribution >= 4 is 39.2 Å². The Balaban J connectivity index is 1.81. The Morgan fingerprint density at radius 1 is 1.06 bits per heavy atom. The Bertz CT molecular complexity index is 1170. The number of hydrogen-bond acceptors (Lipinski definition) is 5. The molecule has 3 aromatic carbocycles. The number of rotatable bonds is 4. The van der Waals surface area contributed by atoms with Gasteiger partial charge in [-0.1, -0.05) is 76.6 Å². The predicted molar refractivity (Wildman–Crippen MR) is 123 cm³/mol. The van der Waals surface area contributed by atoms with Crippen LogP contribution in [0.3, 0.4) is 0 Å². The fraction of sp³-hybridized carbons (Fsp3) is 0.125. The summed E-state index contributed by atoms with van der Waals surface area (Å²) in [6.07, 6.45) is 0. The van der Waals surface area contributed by atoms with E-state index in [0.717, 1.165) is 15.6 Å². The molecule has 0 saturated heterocycles. The standard InChI is InChI=1S/C24H20BrN3O3/c1-28-20-13-12-18(25)14-19(20)21(17-10-6-3-7-11-17)27-24(26,22(28)29)23(30)31-15-16-8-4-2-5-9-16/h2-14H,15,26H2,1H3. The van der Waals surface area contributed by atoms with E-state index in [-0.39, 0.29) is 6.61 Å². The maximum absolute atomic E-state index is 13.3. The molecule has 1 aliphatic heterocycles. The van der Waals surface area contributed by atoms with Crippen molar-refractivity contribution in [3.05, 3.63) is 100 Å². The molecule has 4 rings (SSSR count). The second-order valence-electron chi connectivity index (χ2n) is 7.18. The summed E-state index contributed by atoms with van der Waals surface area (Å²) < 4.78 is 6.24. The van der Waals surface area contributed by atoms with Gasteiger partial charge in [-0.3, -0.25) is 10.5 Å². The molecular formula is C24H20BrN3O3. The monoisotopic (exact) mass is 477 g/mol. The molecule has 1 amide bonds. The number of anilines is 1. The van der Waals surface area contributed by atoms with Crippen LogP contribution >= 0.6 is 15.9 Å². The summed E-state index contributed by atoms with van der Waals surface area (Å²) in [5.74, 6) is -1.58. The number of ether oxygens (including phenoxy) is 1. The first-order valence-corrected chi connectivity index (χ1v) is 10.4. The smallest absolute Gasteiger partial charge is 0.359 e. The number of aliphatic imine (C=N–C) groups is 1. The average molecular weight is 478 g/mol. The van der Waals surface area contributed by atoms with Crippen molar-refractivity contribution < 1.29 is 14.3 Å². The maximum atomic E-state index is 13.3. The first-order valence-electron chi connectivity index (χ1n) is 9.63. The number of carbonyl (C=O) groups is 2. The van der Waals surface area contributed by atoms with E-state index >= 15 is 0 Å². The van der Waals surface area contributed by atoms with Crippen LogP contribution in [0.5, 0.6) is 0 Å². The third kappa shape index (κ3) is 4.02. The van der Waals surface area contributed by atoms with E-state index in [1.807, 2.05) is 72.8 Å². The summed E-state index contributed by atoms with van der Waals surface area (Å²) in [7, 11) is 1.57. The molecule has 2 N–H and O–H groups in total. The topological polar surface area (TPSA) is 85.0 Å². The van der Waals surface area contributed by atoms with E-state index in [1.165, 1.54) is 4.90 Å². The molecule has 7 heteroatoms. The Morgan fingerprint density at radius 2 is 1.71 bits per heavy atom. The van der Waals surface area contributed by atoms with Crippen LogP contribution in [0.2, 0.25) is 0 Å². The molecule has 3 aromatic rings. The van der Waals surface area contributed by atoms with Crippen LogP contribution in [0.1, 0.15) is 16.7 Å². The predicted octanol–water partition coefficient (Wildman–Crippen LogP) is 3.66. The molecule has 0 saturated carbocycles. The fourth-order valence-electron chi connectivity index (χ4n) is 3.42. The van der Waals surface area contributed by atoms with Crippen LogP contribution in [0.15, 0.2) is 88.3 Å². The van der Waals surface area contributed by atoms with Crippen LogP contribution < -0.4 is 10.6 Å². The lowest BCUT2D eigenvalue weighted by Gasteiger charge is -2.25. The number of fused-ring (bicyclic) bond motifs is 1. The number of carbonyl (C=O) groups excluding carboxylic acids is 2.